The highest BCUT2D eigenvalue weighted by molar-refractivity contribution is 6.25. The molecule has 1 amide bonds. The summed E-state index contributed by atoms with van der Waals surface area (Å²) in [6.07, 6.45) is 1.01. The van der Waals surface area contributed by atoms with Gasteiger partial charge in [0.15, 0.2) is 17.0 Å². The average Bonchev–Trinajstić information content (AvgIpc) is 2.83. The van der Waals surface area contributed by atoms with Crippen LogP contribution in [0.4, 0.5) is 0 Å². The molecule has 12 heteroatoms. The van der Waals surface area contributed by atoms with Crippen LogP contribution in [0.2, 0.25) is 0 Å². The number of nitrogens with two attached hydrogens (primary N) is 3. The first-order valence-corrected chi connectivity index (χ1v) is 12.4. The molecule has 5 rings (SSSR count). The molecule has 0 aliphatic heterocycles. The Hall–Kier alpha value is -4.57. The summed E-state index contributed by atoms with van der Waals surface area (Å²) in [6.45, 7) is 1.87. The van der Waals surface area contributed by atoms with E-state index in [4.69, 9.17) is 17.2 Å². The standard InChI is InChI=1S/C28H28N6O6/c1-12-6-7-33-15(8-12)13-4-5-16(35)17-14(13)9-26(31)10-28(32)22(34(2)3)21(37)18(25(30)40)23(38)27(28,11-29)24(39)19(26)20(17)36/h4-8,22,35-36,38H,9-10,31-32H2,1-3H3,(H2,30,40)/t22-,26-,27+,28-/m1/s1. The lowest BCUT2D eigenvalue weighted by molar-refractivity contribution is -0.139. The molecule has 1 fully saturated rings. The van der Waals surface area contributed by atoms with Gasteiger partial charge in [-0.1, -0.05) is 0 Å². The number of hydrogen-bond donors (Lipinski definition) is 6. The van der Waals surface area contributed by atoms with E-state index in [0.717, 1.165) is 5.56 Å². The van der Waals surface area contributed by atoms with Crippen LogP contribution < -0.4 is 17.2 Å². The molecule has 0 spiro atoms. The van der Waals surface area contributed by atoms with Crippen molar-refractivity contribution in [1.29, 1.82) is 5.26 Å². The van der Waals surface area contributed by atoms with E-state index in [9.17, 15) is 35.0 Å². The molecule has 0 bridgehead atoms. The fourth-order valence-corrected chi connectivity index (χ4v) is 6.76. The Bertz CT molecular complexity index is 1650. The monoisotopic (exact) mass is 544 g/mol. The van der Waals surface area contributed by atoms with Crippen molar-refractivity contribution >= 4 is 23.2 Å². The Kier molecular flexibility index (Phi) is 5.72. The van der Waals surface area contributed by atoms with Crippen molar-refractivity contribution in [1.82, 2.24) is 9.88 Å². The number of rotatable bonds is 3. The van der Waals surface area contributed by atoms with Crippen LogP contribution in [0.3, 0.4) is 0 Å². The Morgan fingerprint density at radius 1 is 1.18 bits per heavy atom. The third-order valence-corrected chi connectivity index (χ3v) is 8.33. The number of likely N-dealkylation sites (N-methyl/N-ethyl adjacent to an activating group) is 1. The Labute approximate surface area is 229 Å². The number of aryl methyl sites for hydroxylation is 1. The third kappa shape index (κ3) is 3.16. The van der Waals surface area contributed by atoms with Gasteiger partial charge in [0.1, 0.15) is 22.8 Å². The van der Waals surface area contributed by atoms with Crippen LogP contribution in [-0.4, -0.2) is 73.9 Å². The molecule has 2 aromatic rings. The van der Waals surface area contributed by atoms with Crippen LogP contribution in [0.1, 0.15) is 23.1 Å². The smallest absolute Gasteiger partial charge is 0.255 e. The van der Waals surface area contributed by atoms with E-state index in [1.54, 1.807) is 30.5 Å². The second-order valence-corrected chi connectivity index (χ2v) is 11.0. The number of amides is 1. The third-order valence-electron chi connectivity index (χ3n) is 8.33. The first-order valence-electron chi connectivity index (χ1n) is 12.4. The van der Waals surface area contributed by atoms with Crippen LogP contribution in [-0.2, 0) is 20.8 Å². The maximum absolute atomic E-state index is 14.4. The van der Waals surface area contributed by atoms with Gasteiger partial charge in [-0.15, -0.1) is 0 Å². The number of aliphatic hydroxyl groups is 2. The fraction of sp³-hybridized carbons (Fsp3) is 0.321. The van der Waals surface area contributed by atoms with Gasteiger partial charge in [0.25, 0.3) is 5.91 Å². The van der Waals surface area contributed by atoms with Crippen molar-refractivity contribution in [2.45, 2.75) is 36.9 Å². The highest BCUT2D eigenvalue weighted by atomic mass is 16.3. The largest absolute Gasteiger partial charge is 0.509 e. The quantitative estimate of drug-likeness (QED) is 0.287. The average molecular weight is 545 g/mol. The van der Waals surface area contributed by atoms with Crippen molar-refractivity contribution in [3.8, 4) is 23.1 Å². The minimum Gasteiger partial charge on any atom is -0.509 e. The van der Waals surface area contributed by atoms with Gasteiger partial charge < -0.3 is 32.5 Å². The van der Waals surface area contributed by atoms with Crippen LogP contribution >= 0.6 is 0 Å². The molecule has 1 saturated carbocycles. The van der Waals surface area contributed by atoms with Gasteiger partial charge in [0, 0.05) is 11.8 Å². The molecule has 0 saturated heterocycles. The molecular formula is C28H28N6O6. The molecule has 206 valence electrons. The van der Waals surface area contributed by atoms with E-state index in [-0.39, 0.29) is 17.7 Å². The normalized spacial score (nSPS) is 29.6. The molecule has 3 aliphatic carbocycles. The number of benzene rings is 1. The summed E-state index contributed by atoms with van der Waals surface area (Å²) in [5.74, 6) is -5.75. The molecule has 12 nitrogen and oxygen atoms in total. The number of nitriles is 1. The SMILES string of the molecule is Cc1ccnc(-c2ccc(O)c3c2C[C@@]2(N)C[C@@]4(N)[C@H](N(C)C)C(=O)C(C(N)=O)=C(O)[C@@]4(C#N)C(=O)C2=C3O)c1. The number of Topliss-reactive ketones (excluding diaryl/α,β-unsaturated/α-hetero) is 2. The minimum atomic E-state index is -2.70. The number of pyridine rings is 1. The molecule has 9 N–H and O–H groups in total. The highest BCUT2D eigenvalue weighted by Crippen LogP contribution is 2.58. The number of hydrogen-bond acceptors (Lipinski definition) is 11. The highest BCUT2D eigenvalue weighted by Gasteiger charge is 2.74. The lowest BCUT2D eigenvalue weighted by Gasteiger charge is -2.58. The first kappa shape index (κ1) is 27.0. The van der Waals surface area contributed by atoms with Gasteiger partial charge in [-0.25, -0.2) is 0 Å². The predicted molar refractivity (Wildman–Crippen MR) is 142 cm³/mol. The fourth-order valence-electron chi connectivity index (χ4n) is 6.76. The second kappa shape index (κ2) is 8.46. The molecule has 1 aromatic carbocycles. The lowest BCUT2D eigenvalue weighted by atomic mass is 9.47. The summed E-state index contributed by atoms with van der Waals surface area (Å²) < 4.78 is 0. The van der Waals surface area contributed by atoms with Crippen molar-refractivity contribution in [2.75, 3.05) is 14.1 Å². The number of aliphatic hydroxyl groups excluding tert-OH is 2. The molecule has 1 aromatic heterocycles. The topological polar surface area (TPSA) is 230 Å². The first-order chi connectivity index (χ1) is 18.7. The van der Waals surface area contributed by atoms with Crippen molar-refractivity contribution in [3.63, 3.8) is 0 Å². The zero-order chi connectivity index (χ0) is 29.5. The number of primary amides is 1. The molecule has 0 unspecified atom stereocenters. The Morgan fingerprint density at radius 3 is 2.42 bits per heavy atom. The van der Waals surface area contributed by atoms with Gasteiger partial charge in [-0.3, -0.25) is 24.3 Å². The number of phenols is 1. The molecule has 3 aliphatic rings. The van der Waals surface area contributed by atoms with Gasteiger partial charge in [0.2, 0.25) is 0 Å². The summed E-state index contributed by atoms with van der Waals surface area (Å²) in [5, 5.41) is 44.1. The van der Waals surface area contributed by atoms with Gasteiger partial charge in [-0.2, -0.15) is 5.26 Å². The number of nitrogens with zero attached hydrogens (tertiary/aromatic N) is 3. The van der Waals surface area contributed by atoms with Crippen LogP contribution in [0, 0.1) is 23.7 Å². The van der Waals surface area contributed by atoms with E-state index >= 15 is 0 Å². The van der Waals surface area contributed by atoms with Crippen molar-refractivity contribution in [3.05, 3.63) is 64.1 Å². The van der Waals surface area contributed by atoms with Crippen molar-refractivity contribution < 1.29 is 29.7 Å². The minimum absolute atomic E-state index is 0.0857. The zero-order valence-corrected chi connectivity index (χ0v) is 22.0. The summed E-state index contributed by atoms with van der Waals surface area (Å²) in [7, 11) is 2.93. The number of carbonyl (C=O) groups excluding carboxylic acids is 3. The molecule has 40 heavy (non-hydrogen) atoms. The van der Waals surface area contributed by atoms with E-state index in [1.165, 1.54) is 25.1 Å². The lowest BCUT2D eigenvalue weighted by Crippen LogP contribution is -2.80. The van der Waals surface area contributed by atoms with Gasteiger partial charge in [0.05, 0.1) is 40.0 Å². The molecular weight excluding hydrogens is 516 g/mol. The molecule has 0 radical (unpaired) electrons. The van der Waals surface area contributed by atoms with Crippen LogP contribution in [0.15, 0.2) is 47.4 Å². The number of aromatic nitrogens is 1. The summed E-state index contributed by atoms with van der Waals surface area (Å²) in [5.41, 5.74) is 13.4. The predicted octanol–water partition coefficient (Wildman–Crippen LogP) is 0.276. The summed E-state index contributed by atoms with van der Waals surface area (Å²) >= 11 is 0. The summed E-state index contributed by atoms with van der Waals surface area (Å²) in [6, 6.07) is 6.85. The number of fused-ring (bicyclic) bond motifs is 3. The number of ketones is 2. The van der Waals surface area contributed by atoms with Gasteiger partial charge in [-0.05, 0) is 69.3 Å². The van der Waals surface area contributed by atoms with Crippen LogP contribution in [0.25, 0.3) is 17.0 Å². The van der Waals surface area contributed by atoms with Crippen molar-refractivity contribution in [2.24, 2.45) is 22.6 Å². The summed E-state index contributed by atoms with van der Waals surface area (Å²) in [4.78, 5) is 45.9. The van der Waals surface area contributed by atoms with Crippen LogP contribution in [0.5, 0.6) is 5.75 Å². The van der Waals surface area contributed by atoms with E-state index in [1.807, 2.05) is 6.92 Å². The van der Waals surface area contributed by atoms with E-state index in [2.05, 4.69) is 4.98 Å². The van der Waals surface area contributed by atoms with E-state index in [0.29, 0.717) is 16.8 Å². The maximum Gasteiger partial charge on any atom is 0.255 e. The Morgan fingerprint density at radius 2 is 1.85 bits per heavy atom. The second-order valence-electron chi connectivity index (χ2n) is 11.0. The van der Waals surface area contributed by atoms with Gasteiger partial charge >= 0.3 is 0 Å². The zero-order valence-electron chi connectivity index (χ0n) is 22.0. The number of carbonyl (C=O) groups is 3. The Balaban J connectivity index is 1.87. The molecule has 4 atom stereocenters. The van der Waals surface area contributed by atoms with E-state index < -0.39 is 69.1 Å². The maximum atomic E-state index is 14.4. The number of aromatic hydroxyl groups is 1. The number of phenolic OH excluding ortho intramolecular Hbond substituents is 1. The molecule has 1 heterocycles.